The minimum absolute atomic E-state index is 0.0124. The fourth-order valence-electron chi connectivity index (χ4n) is 4.78. The molecule has 4 atom stereocenters. The monoisotopic (exact) mass is 598 g/mol. The van der Waals surface area contributed by atoms with Crippen LogP contribution in [0.25, 0.3) is 11.1 Å². The van der Waals surface area contributed by atoms with E-state index >= 15 is 0 Å². The third-order valence-electron chi connectivity index (χ3n) is 7.19. The van der Waals surface area contributed by atoms with Gasteiger partial charge in [-0.3, -0.25) is 19.2 Å². The number of amides is 4. The van der Waals surface area contributed by atoms with Crippen LogP contribution in [0.4, 0.5) is 0 Å². The van der Waals surface area contributed by atoms with Gasteiger partial charge in [-0.2, -0.15) is 0 Å². The van der Waals surface area contributed by atoms with Gasteiger partial charge in [0.15, 0.2) is 0 Å². The highest BCUT2D eigenvalue weighted by molar-refractivity contribution is 5.95. The summed E-state index contributed by atoms with van der Waals surface area (Å²) in [6, 6.07) is 5.19. The van der Waals surface area contributed by atoms with Crippen LogP contribution in [0.15, 0.2) is 36.4 Å². The number of carbonyl (C=O) groups is 4. The Kier molecular flexibility index (Phi) is 12.3. The van der Waals surface area contributed by atoms with Gasteiger partial charge in [-0.15, -0.1) is 0 Å². The second-order valence-electron chi connectivity index (χ2n) is 10.5. The van der Waals surface area contributed by atoms with E-state index < -0.39 is 47.8 Å². The van der Waals surface area contributed by atoms with E-state index in [-0.39, 0.29) is 63.4 Å². The van der Waals surface area contributed by atoms with E-state index in [1.165, 1.54) is 12.1 Å². The van der Waals surface area contributed by atoms with Crippen LogP contribution in [0.5, 0.6) is 11.5 Å². The first-order chi connectivity index (χ1) is 20.6. The number of hydrogen-bond acceptors (Lipinski definition) is 10. The van der Waals surface area contributed by atoms with Gasteiger partial charge in [0.25, 0.3) is 0 Å². The molecule has 0 saturated carbocycles. The Balaban J connectivity index is 2.06. The molecule has 0 aliphatic carbocycles. The zero-order valence-corrected chi connectivity index (χ0v) is 24.0. The third kappa shape index (κ3) is 9.12. The van der Waals surface area contributed by atoms with Gasteiger partial charge in [-0.05, 0) is 78.9 Å². The lowest BCUT2D eigenvalue weighted by molar-refractivity contribution is -0.134. The summed E-state index contributed by atoms with van der Waals surface area (Å²) in [6.45, 7) is 0.740. The van der Waals surface area contributed by atoms with E-state index in [2.05, 4.69) is 21.3 Å². The fraction of sp³-hybridized carbons (Fsp3) is 0.448. The number of rotatable bonds is 10. The quantitative estimate of drug-likeness (QED) is 0.141. The van der Waals surface area contributed by atoms with Crippen molar-refractivity contribution in [1.29, 1.82) is 0 Å². The van der Waals surface area contributed by atoms with Crippen LogP contribution in [-0.2, 0) is 32.0 Å². The largest absolute Gasteiger partial charge is 0.508 e. The molecule has 14 nitrogen and oxygen atoms in total. The first kappa shape index (κ1) is 33.3. The zero-order chi connectivity index (χ0) is 31.5. The first-order valence-corrected chi connectivity index (χ1v) is 14.3. The molecule has 1 aliphatic rings. The summed E-state index contributed by atoms with van der Waals surface area (Å²) in [6.07, 6.45) is 0.504. The molecule has 4 amide bonds. The number of aromatic hydroxyl groups is 2. The normalized spacial score (nSPS) is 19.7. The van der Waals surface area contributed by atoms with Crippen LogP contribution in [0.3, 0.4) is 0 Å². The van der Waals surface area contributed by atoms with Gasteiger partial charge in [0, 0.05) is 25.9 Å². The topological polar surface area (TPSA) is 261 Å². The van der Waals surface area contributed by atoms with E-state index in [4.69, 9.17) is 22.9 Å². The zero-order valence-electron chi connectivity index (χ0n) is 24.0. The third-order valence-corrected chi connectivity index (χ3v) is 7.19. The summed E-state index contributed by atoms with van der Waals surface area (Å²) in [5.41, 5.74) is 25.1. The van der Waals surface area contributed by atoms with Gasteiger partial charge in [0.1, 0.15) is 29.6 Å². The molecule has 14 N–H and O–H groups in total. The van der Waals surface area contributed by atoms with Crippen molar-refractivity contribution in [3.63, 3.8) is 0 Å². The second kappa shape index (κ2) is 15.8. The van der Waals surface area contributed by atoms with E-state index in [1.54, 1.807) is 24.3 Å². The summed E-state index contributed by atoms with van der Waals surface area (Å²) < 4.78 is 0. The molecule has 0 radical (unpaired) electrons. The van der Waals surface area contributed by atoms with Gasteiger partial charge in [-0.1, -0.05) is 12.1 Å². The molecule has 1 aliphatic heterocycles. The highest BCUT2D eigenvalue weighted by Crippen LogP contribution is 2.31. The molecule has 2 aromatic rings. The van der Waals surface area contributed by atoms with Crippen LogP contribution in [-0.4, -0.2) is 84.2 Å². The van der Waals surface area contributed by atoms with Crippen LogP contribution in [0.2, 0.25) is 0 Å². The van der Waals surface area contributed by atoms with E-state index in [0.717, 1.165) is 0 Å². The Hall–Kier alpha value is -4.24. The Morgan fingerprint density at radius 2 is 1.51 bits per heavy atom. The lowest BCUT2D eigenvalue weighted by Gasteiger charge is -2.26. The Bertz CT molecular complexity index is 1310. The highest BCUT2D eigenvalue weighted by Gasteiger charge is 2.31. The smallest absolute Gasteiger partial charge is 0.243 e. The molecule has 3 rings (SSSR count). The number of hydrogen-bond donors (Lipinski definition) is 10. The van der Waals surface area contributed by atoms with Crippen molar-refractivity contribution in [3.05, 3.63) is 47.5 Å². The van der Waals surface area contributed by atoms with Gasteiger partial charge in [0.05, 0.1) is 6.04 Å². The van der Waals surface area contributed by atoms with Crippen molar-refractivity contribution >= 4 is 23.6 Å². The molecule has 0 unspecified atom stereocenters. The second-order valence-corrected chi connectivity index (χ2v) is 10.5. The summed E-state index contributed by atoms with van der Waals surface area (Å²) in [4.78, 5) is 52.9. The predicted octanol–water partition coefficient (Wildman–Crippen LogP) is -2.19. The van der Waals surface area contributed by atoms with Crippen molar-refractivity contribution in [1.82, 2.24) is 21.3 Å². The molecule has 0 spiro atoms. The molecule has 1 heterocycles. The molecule has 14 heteroatoms. The minimum Gasteiger partial charge on any atom is -0.508 e. The number of fused-ring (bicyclic) bond motifs is 5. The Morgan fingerprint density at radius 3 is 2.09 bits per heavy atom. The fourth-order valence-corrected chi connectivity index (χ4v) is 4.78. The molecule has 4 bridgehead atoms. The van der Waals surface area contributed by atoms with Gasteiger partial charge < -0.3 is 54.4 Å². The minimum atomic E-state index is -1.26. The Labute approximate surface area is 249 Å². The lowest BCUT2D eigenvalue weighted by atomic mass is 9.95. The number of carbonyl (C=O) groups excluding carboxylic acids is 4. The van der Waals surface area contributed by atoms with Gasteiger partial charge >= 0.3 is 0 Å². The summed E-state index contributed by atoms with van der Waals surface area (Å²) >= 11 is 0. The van der Waals surface area contributed by atoms with Crippen LogP contribution in [0.1, 0.15) is 30.4 Å². The molecule has 0 saturated heterocycles. The maximum Gasteiger partial charge on any atom is 0.243 e. The standard InChI is InChI=1S/C29H42N8O6/c30-8-1-2-21-28(42)37-23(29(43)36-22(7-9-31)27(41)34-11-10-32)15-19-13-17(4-6-25(19)39)16-3-5-24(38)18(12-16)14-20(33)26(40)35-21/h3-6,12-13,20-23,38-39H,1-2,7-11,14-15,30-33H2,(H,34,41)(H,35,40)(H,36,43)(H,37,42)/t20-,21-,22-,23-/m0/s1. The average molecular weight is 599 g/mol. The van der Waals surface area contributed by atoms with E-state index in [9.17, 15) is 29.4 Å². The average Bonchev–Trinajstić information content (AvgIpc) is 2.98. The van der Waals surface area contributed by atoms with Crippen molar-refractivity contribution in [2.75, 3.05) is 26.2 Å². The lowest BCUT2D eigenvalue weighted by Crippen LogP contribution is -2.58. The first-order valence-electron chi connectivity index (χ1n) is 14.3. The number of benzene rings is 2. The number of nitrogens with one attached hydrogen (secondary N) is 4. The van der Waals surface area contributed by atoms with Gasteiger partial charge in [-0.25, -0.2) is 0 Å². The Morgan fingerprint density at radius 1 is 0.884 bits per heavy atom. The number of phenols is 2. The van der Waals surface area contributed by atoms with E-state index in [1.807, 2.05) is 0 Å². The molecular weight excluding hydrogens is 556 g/mol. The SMILES string of the molecule is NCCC[C@@H]1NC(=O)[C@@H](N)Cc2cc(ccc2O)-c2ccc(O)c(c2)C[C@@H](C(=O)N[C@@H](CCN)C(=O)NCCN)NC1=O. The van der Waals surface area contributed by atoms with Crippen molar-refractivity contribution < 1.29 is 29.4 Å². The number of phenolic OH excluding ortho intramolecular Hbond substituents is 2. The molecule has 2 aromatic carbocycles. The van der Waals surface area contributed by atoms with Crippen molar-refractivity contribution in [2.24, 2.45) is 22.9 Å². The van der Waals surface area contributed by atoms with Crippen LogP contribution >= 0.6 is 0 Å². The maximum atomic E-state index is 13.6. The van der Waals surface area contributed by atoms with Crippen molar-refractivity contribution in [2.45, 2.75) is 56.3 Å². The predicted molar refractivity (Wildman–Crippen MR) is 160 cm³/mol. The molecular formula is C29H42N8O6. The van der Waals surface area contributed by atoms with Crippen LogP contribution in [0, 0.1) is 0 Å². The summed E-state index contributed by atoms with van der Waals surface area (Å²) in [7, 11) is 0. The van der Waals surface area contributed by atoms with Crippen molar-refractivity contribution in [3.8, 4) is 22.6 Å². The molecule has 0 fully saturated rings. The highest BCUT2D eigenvalue weighted by atomic mass is 16.3. The number of nitrogens with two attached hydrogens (primary N) is 4. The maximum absolute atomic E-state index is 13.6. The van der Waals surface area contributed by atoms with Crippen LogP contribution < -0.4 is 44.2 Å². The summed E-state index contributed by atoms with van der Waals surface area (Å²) in [5, 5.41) is 31.8. The molecule has 0 aromatic heterocycles. The summed E-state index contributed by atoms with van der Waals surface area (Å²) in [5.74, 6) is -2.65. The van der Waals surface area contributed by atoms with E-state index in [0.29, 0.717) is 28.7 Å². The van der Waals surface area contributed by atoms with Gasteiger partial charge in [0.2, 0.25) is 23.6 Å². The molecule has 234 valence electrons. The molecule has 43 heavy (non-hydrogen) atoms.